The summed E-state index contributed by atoms with van der Waals surface area (Å²) in [5.74, 6) is 0.0648. The summed E-state index contributed by atoms with van der Waals surface area (Å²) in [5.41, 5.74) is 1.08. The Labute approximate surface area is 147 Å². The molecule has 0 fully saturated rings. The van der Waals surface area contributed by atoms with Gasteiger partial charge in [0.15, 0.2) is 6.61 Å². The zero-order valence-corrected chi connectivity index (χ0v) is 15.0. The Morgan fingerprint density at radius 1 is 1.30 bits per heavy atom. The molecule has 2 N–H and O–H groups in total. The van der Waals surface area contributed by atoms with E-state index in [4.69, 9.17) is 4.74 Å². The van der Waals surface area contributed by atoms with Gasteiger partial charge >= 0.3 is 6.03 Å². The lowest BCUT2D eigenvalue weighted by Crippen LogP contribution is -2.42. The highest BCUT2D eigenvalue weighted by atomic mass is 79.9. The largest absolute Gasteiger partial charge is 0.483 e. The summed E-state index contributed by atoms with van der Waals surface area (Å²) < 4.78 is 6.15. The molecule has 7 heteroatoms. The van der Waals surface area contributed by atoms with Crippen LogP contribution in [0.4, 0.5) is 4.79 Å². The summed E-state index contributed by atoms with van der Waals surface area (Å²) in [5, 5.41) is 6.86. The summed E-state index contributed by atoms with van der Waals surface area (Å²) in [6, 6.07) is 9.00. The van der Waals surface area contributed by atoms with Gasteiger partial charge in [-0.1, -0.05) is 12.1 Å². The number of hydrogen-bond donors (Lipinski definition) is 2. The predicted molar refractivity (Wildman–Crippen MR) is 93.9 cm³/mol. The number of aryl methyl sites for hydroxylation is 1. The number of halogens is 1. The van der Waals surface area contributed by atoms with Gasteiger partial charge in [0.25, 0.3) is 5.91 Å². The van der Waals surface area contributed by atoms with Crippen LogP contribution in [0.1, 0.15) is 10.4 Å². The van der Waals surface area contributed by atoms with E-state index >= 15 is 0 Å². The molecule has 0 radical (unpaired) electrons. The van der Waals surface area contributed by atoms with Crippen molar-refractivity contribution in [3.8, 4) is 5.75 Å². The number of carbonyl (C=O) groups is 2. The van der Waals surface area contributed by atoms with Crippen LogP contribution >= 0.6 is 27.3 Å². The molecule has 23 heavy (non-hydrogen) atoms. The Bertz CT molecular complexity index is 674. The van der Waals surface area contributed by atoms with Gasteiger partial charge in [-0.3, -0.25) is 10.1 Å². The highest BCUT2D eigenvalue weighted by Crippen LogP contribution is 2.25. The third-order valence-corrected chi connectivity index (χ3v) is 4.49. The van der Waals surface area contributed by atoms with E-state index < -0.39 is 11.9 Å². The second-order valence-electron chi connectivity index (χ2n) is 4.86. The smallest absolute Gasteiger partial charge is 0.321 e. The monoisotopic (exact) mass is 396 g/mol. The van der Waals surface area contributed by atoms with Crippen molar-refractivity contribution >= 4 is 39.2 Å². The maximum absolute atomic E-state index is 11.7. The molecule has 0 unspecified atom stereocenters. The van der Waals surface area contributed by atoms with Gasteiger partial charge in [0.1, 0.15) is 5.75 Å². The van der Waals surface area contributed by atoms with Gasteiger partial charge < -0.3 is 10.1 Å². The number of rotatable bonds is 6. The number of amides is 3. The fourth-order valence-corrected chi connectivity index (χ4v) is 3.14. The SMILES string of the molecule is Cc1ccc(OCC(=O)NC(=O)NCCc2cccs2)c(Br)c1. The fraction of sp³-hybridized carbons (Fsp3) is 0.250. The molecule has 0 aliphatic rings. The normalized spacial score (nSPS) is 10.2. The van der Waals surface area contributed by atoms with Crippen molar-refractivity contribution in [3.05, 3.63) is 50.6 Å². The molecule has 3 amide bonds. The molecule has 2 rings (SSSR count). The second-order valence-corrected chi connectivity index (χ2v) is 6.74. The minimum absolute atomic E-state index is 0.222. The first-order valence-corrected chi connectivity index (χ1v) is 8.71. The van der Waals surface area contributed by atoms with Crippen molar-refractivity contribution in [1.82, 2.24) is 10.6 Å². The summed E-state index contributed by atoms with van der Waals surface area (Å²) in [6.07, 6.45) is 0.742. The Balaban J connectivity index is 1.68. The van der Waals surface area contributed by atoms with Crippen LogP contribution in [0.5, 0.6) is 5.75 Å². The molecule has 0 aliphatic heterocycles. The van der Waals surface area contributed by atoms with E-state index in [0.717, 1.165) is 16.5 Å². The Hall–Kier alpha value is -1.86. The van der Waals surface area contributed by atoms with Crippen LogP contribution in [-0.4, -0.2) is 25.1 Å². The topological polar surface area (TPSA) is 67.4 Å². The van der Waals surface area contributed by atoms with Gasteiger partial charge in [0, 0.05) is 11.4 Å². The van der Waals surface area contributed by atoms with Gasteiger partial charge in [0.05, 0.1) is 4.47 Å². The maximum atomic E-state index is 11.7. The first-order valence-electron chi connectivity index (χ1n) is 7.03. The molecule has 1 heterocycles. The number of carbonyl (C=O) groups excluding carboxylic acids is 2. The van der Waals surface area contributed by atoms with Crippen LogP contribution in [0.3, 0.4) is 0 Å². The van der Waals surface area contributed by atoms with Gasteiger partial charge in [-0.25, -0.2) is 4.79 Å². The molecular weight excluding hydrogens is 380 g/mol. The van der Waals surface area contributed by atoms with E-state index in [1.807, 2.05) is 36.6 Å². The number of imide groups is 1. The van der Waals surface area contributed by atoms with Gasteiger partial charge in [-0.05, 0) is 58.4 Å². The zero-order valence-electron chi connectivity index (χ0n) is 12.6. The Morgan fingerprint density at radius 2 is 2.13 bits per heavy atom. The summed E-state index contributed by atoms with van der Waals surface area (Å²) in [4.78, 5) is 24.5. The Morgan fingerprint density at radius 3 is 2.83 bits per heavy atom. The number of benzene rings is 1. The van der Waals surface area contributed by atoms with Crippen LogP contribution in [0.15, 0.2) is 40.2 Å². The van der Waals surface area contributed by atoms with E-state index in [1.165, 1.54) is 4.88 Å². The molecule has 0 atom stereocenters. The second kappa shape index (κ2) is 8.69. The lowest BCUT2D eigenvalue weighted by Gasteiger charge is -2.09. The third-order valence-electron chi connectivity index (χ3n) is 2.94. The predicted octanol–water partition coefficient (Wildman–Crippen LogP) is 3.27. The van der Waals surface area contributed by atoms with E-state index in [0.29, 0.717) is 12.3 Å². The minimum atomic E-state index is -0.516. The van der Waals surface area contributed by atoms with Crippen LogP contribution in [0, 0.1) is 6.92 Å². The average molecular weight is 397 g/mol. The van der Waals surface area contributed by atoms with E-state index in [1.54, 1.807) is 17.4 Å². The van der Waals surface area contributed by atoms with Crippen molar-refractivity contribution < 1.29 is 14.3 Å². The summed E-state index contributed by atoms with van der Waals surface area (Å²) in [7, 11) is 0. The molecule has 0 aliphatic carbocycles. The number of urea groups is 1. The molecule has 1 aromatic carbocycles. The standard InChI is InChI=1S/C16H17BrN2O3S/c1-11-4-5-14(13(17)9-11)22-10-15(20)19-16(21)18-7-6-12-3-2-8-23-12/h2-5,8-9H,6-7,10H2,1H3,(H2,18,19,20,21). The quantitative estimate of drug-likeness (QED) is 0.786. The van der Waals surface area contributed by atoms with Crippen LogP contribution in [0.25, 0.3) is 0 Å². The summed E-state index contributed by atoms with van der Waals surface area (Å²) in [6.45, 7) is 2.21. The van der Waals surface area contributed by atoms with Gasteiger partial charge in [-0.15, -0.1) is 11.3 Å². The molecule has 0 spiro atoms. The molecule has 122 valence electrons. The van der Waals surface area contributed by atoms with Gasteiger partial charge in [-0.2, -0.15) is 0 Å². The lowest BCUT2D eigenvalue weighted by molar-refractivity contribution is -0.122. The van der Waals surface area contributed by atoms with E-state index in [9.17, 15) is 9.59 Å². The highest BCUT2D eigenvalue weighted by Gasteiger charge is 2.09. The number of hydrogen-bond acceptors (Lipinski definition) is 4. The average Bonchev–Trinajstić information content (AvgIpc) is 2.99. The number of ether oxygens (including phenoxy) is 1. The molecular formula is C16H17BrN2O3S. The van der Waals surface area contributed by atoms with Crippen molar-refractivity contribution in [2.45, 2.75) is 13.3 Å². The first kappa shape index (κ1) is 17.5. The third kappa shape index (κ3) is 6.03. The van der Waals surface area contributed by atoms with Crippen molar-refractivity contribution in [2.75, 3.05) is 13.2 Å². The van der Waals surface area contributed by atoms with Crippen LogP contribution in [0.2, 0.25) is 0 Å². The fourth-order valence-electron chi connectivity index (χ4n) is 1.83. The Kier molecular flexibility index (Phi) is 6.61. The molecule has 0 bridgehead atoms. The van der Waals surface area contributed by atoms with Crippen LogP contribution in [-0.2, 0) is 11.2 Å². The highest BCUT2D eigenvalue weighted by molar-refractivity contribution is 9.10. The minimum Gasteiger partial charge on any atom is -0.483 e. The van der Waals surface area contributed by atoms with E-state index in [2.05, 4.69) is 26.6 Å². The summed E-state index contributed by atoms with van der Waals surface area (Å²) >= 11 is 5.00. The lowest BCUT2D eigenvalue weighted by atomic mass is 10.2. The molecule has 0 saturated carbocycles. The van der Waals surface area contributed by atoms with Crippen molar-refractivity contribution in [2.24, 2.45) is 0 Å². The van der Waals surface area contributed by atoms with Crippen LogP contribution < -0.4 is 15.4 Å². The maximum Gasteiger partial charge on any atom is 0.321 e. The zero-order chi connectivity index (χ0) is 16.7. The molecule has 1 aromatic heterocycles. The molecule has 2 aromatic rings. The van der Waals surface area contributed by atoms with Crippen molar-refractivity contribution in [3.63, 3.8) is 0 Å². The van der Waals surface area contributed by atoms with Gasteiger partial charge in [0.2, 0.25) is 0 Å². The molecule has 0 saturated heterocycles. The van der Waals surface area contributed by atoms with E-state index in [-0.39, 0.29) is 6.61 Å². The first-order chi connectivity index (χ1) is 11.0. The van der Waals surface area contributed by atoms with Crippen molar-refractivity contribution in [1.29, 1.82) is 0 Å². The molecule has 5 nitrogen and oxygen atoms in total. The number of thiophene rings is 1. The number of nitrogens with one attached hydrogen (secondary N) is 2.